The van der Waals surface area contributed by atoms with Crippen molar-refractivity contribution in [2.45, 2.75) is 40.2 Å². The first-order chi connectivity index (χ1) is 15.1. The van der Waals surface area contributed by atoms with E-state index in [2.05, 4.69) is 51.4 Å². The van der Waals surface area contributed by atoms with Crippen molar-refractivity contribution in [1.29, 1.82) is 0 Å². The molecule has 10 nitrogen and oxygen atoms in total. The third-order valence-corrected chi connectivity index (χ3v) is 4.37. The van der Waals surface area contributed by atoms with Crippen molar-refractivity contribution in [3.63, 3.8) is 0 Å². The van der Waals surface area contributed by atoms with Crippen molar-refractivity contribution in [3.8, 4) is 11.4 Å². The van der Waals surface area contributed by atoms with E-state index in [1.165, 1.54) is 6.33 Å². The van der Waals surface area contributed by atoms with Crippen molar-refractivity contribution >= 4 is 47.0 Å². The van der Waals surface area contributed by atoms with Crippen molar-refractivity contribution in [2.75, 3.05) is 6.54 Å². The molecule has 0 atom stereocenters. The zero-order chi connectivity index (χ0) is 22.5. The minimum atomic E-state index is 0. The zero-order valence-electron chi connectivity index (χ0n) is 17.9. The summed E-state index contributed by atoms with van der Waals surface area (Å²) >= 11 is 10.3. The number of nitrogens with one attached hydrogen (secondary N) is 2. The molecule has 0 saturated carbocycles. The van der Waals surface area contributed by atoms with E-state index in [4.69, 9.17) is 25.3 Å². The molecule has 0 aliphatic carbocycles. The Balaban J connectivity index is 0.00000512. The topological polar surface area (TPSA) is 125 Å². The quantitative estimate of drug-likeness (QED) is 0.169. The van der Waals surface area contributed by atoms with E-state index in [0.29, 0.717) is 42.6 Å². The van der Waals surface area contributed by atoms with Crippen LogP contribution >= 0.6 is 0 Å². The molecule has 0 fully saturated rings. The summed E-state index contributed by atoms with van der Waals surface area (Å²) in [6.45, 7) is 7.09. The summed E-state index contributed by atoms with van der Waals surface area (Å²) in [5, 5.41) is 38.5. The molecule has 1 aromatic heterocycles. The summed E-state index contributed by atoms with van der Waals surface area (Å²) in [5.74, 6) is 0.473. The number of rotatable bonds is 9. The molecule has 0 aliphatic rings. The predicted molar refractivity (Wildman–Crippen MR) is 129 cm³/mol. The van der Waals surface area contributed by atoms with Gasteiger partial charge in [-0.2, -0.15) is 20.4 Å². The minimum absolute atomic E-state index is 0. The molecular weight excluding hydrogens is 496 g/mol. The zero-order valence-corrected chi connectivity index (χ0v) is 20.5. The third-order valence-electron chi connectivity index (χ3n) is 3.92. The third kappa shape index (κ3) is 9.26. The van der Waals surface area contributed by atoms with Crippen LogP contribution < -0.4 is 10.6 Å². The monoisotopic (exact) mass is 519 g/mol. The van der Waals surface area contributed by atoms with Gasteiger partial charge in [-0.25, -0.2) is 0 Å². The molecule has 1 radical (unpaired) electrons. The molecule has 13 heteroatoms. The van der Waals surface area contributed by atoms with Gasteiger partial charge in [0.05, 0.1) is 11.4 Å². The molecule has 0 spiro atoms. The summed E-state index contributed by atoms with van der Waals surface area (Å²) in [7, 11) is 0. The molecular formula is C19H24CuN10S2. The summed E-state index contributed by atoms with van der Waals surface area (Å²) in [6.07, 6.45) is 2.60. The van der Waals surface area contributed by atoms with Gasteiger partial charge in [0.2, 0.25) is 5.82 Å². The van der Waals surface area contributed by atoms with Crippen LogP contribution in [-0.2, 0) is 48.9 Å². The van der Waals surface area contributed by atoms with E-state index in [-0.39, 0.29) is 22.2 Å². The van der Waals surface area contributed by atoms with E-state index < -0.39 is 0 Å². The van der Waals surface area contributed by atoms with Crippen molar-refractivity contribution in [2.24, 2.45) is 20.4 Å². The molecule has 0 bridgehead atoms. The van der Waals surface area contributed by atoms with Crippen molar-refractivity contribution < 1.29 is 17.1 Å². The van der Waals surface area contributed by atoms with Crippen LogP contribution in [0.2, 0.25) is 0 Å². The number of amidine groups is 2. The van der Waals surface area contributed by atoms with Gasteiger partial charge >= 0.3 is 17.1 Å². The van der Waals surface area contributed by atoms with Crippen LogP contribution in [0.25, 0.3) is 11.4 Å². The molecule has 173 valence electrons. The van der Waals surface area contributed by atoms with Gasteiger partial charge < -0.3 is 35.9 Å². The Morgan fingerprint density at radius 1 is 0.812 bits per heavy atom. The predicted octanol–water partition coefficient (Wildman–Crippen LogP) is 1.97. The Morgan fingerprint density at radius 3 is 1.84 bits per heavy atom. The average molecular weight is 520 g/mol. The Labute approximate surface area is 209 Å². The first-order valence-electron chi connectivity index (χ1n) is 9.78. The summed E-state index contributed by atoms with van der Waals surface area (Å²) in [4.78, 5) is 0. The van der Waals surface area contributed by atoms with Gasteiger partial charge in [0.25, 0.3) is 0 Å². The van der Waals surface area contributed by atoms with Gasteiger partial charge in [0, 0.05) is 18.7 Å². The van der Waals surface area contributed by atoms with Crippen LogP contribution in [0.15, 0.2) is 51.0 Å². The number of aromatic nitrogens is 4. The van der Waals surface area contributed by atoms with Gasteiger partial charge in [-0.3, -0.25) is 0 Å². The molecule has 2 rings (SSSR count). The first-order valence-corrected chi connectivity index (χ1v) is 10.6. The van der Waals surface area contributed by atoms with Gasteiger partial charge in [-0.1, -0.05) is 38.1 Å². The second-order valence-electron chi connectivity index (χ2n) is 6.06. The Bertz CT molecular complexity index is 946. The molecule has 32 heavy (non-hydrogen) atoms. The number of benzene rings is 1. The molecule has 0 saturated heterocycles. The second kappa shape index (κ2) is 15.2. The van der Waals surface area contributed by atoms with Crippen molar-refractivity contribution in [3.05, 3.63) is 36.2 Å². The fraction of sp³-hybridized carbons (Fsp3) is 0.368. The van der Waals surface area contributed by atoms with Crippen LogP contribution in [0.1, 0.15) is 39.2 Å². The van der Waals surface area contributed by atoms with E-state index >= 15 is 0 Å². The van der Waals surface area contributed by atoms with Gasteiger partial charge in [0.15, 0.2) is 6.33 Å². The number of hydrogen-bond acceptors (Lipinski definition) is 10. The largest absolute Gasteiger partial charge is 2.00 e. The van der Waals surface area contributed by atoms with E-state index in [1.54, 1.807) is 0 Å². The normalized spacial score (nSPS) is 12.8. The smallest absolute Gasteiger partial charge is 0.741 e. The van der Waals surface area contributed by atoms with Crippen LogP contribution in [-0.4, -0.2) is 48.7 Å². The SMILES string of the molecule is CCN/C([S-])=N/N=C(CC)/C(CC)=N/N=C(\[S-])NCc1ccc(-c2nncnn2)cc1.[Cu+2]. The van der Waals surface area contributed by atoms with Crippen LogP contribution in [0.4, 0.5) is 0 Å². The molecule has 1 heterocycles. The fourth-order valence-corrected chi connectivity index (χ4v) is 2.67. The van der Waals surface area contributed by atoms with Gasteiger partial charge in [0.1, 0.15) is 0 Å². The Kier molecular flexibility index (Phi) is 13.1. The maximum atomic E-state index is 5.27. The minimum Gasteiger partial charge on any atom is -0.741 e. The van der Waals surface area contributed by atoms with Crippen molar-refractivity contribution in [1.82, 2.24) is 31.0 Å². The molecule has 2 aromatic rings. The average Bonchev–Trinajstić information content (AvgIpc) is 2.81. The van der Waals surface area contributed by atoms with Crippen LogP contribution in [0, 0.1) is 0 Å². The second-order valence-corrected chi connectivity index (χ2v) is 6.84. The van der Waals surface area contributed by atoms with E-state index in [9.17, 15) is 0 Å². The molecule has 2 N–H and O–H groups in total. The fourth-order valence-electron chi connectivity index (χ4n) is 2.37. The van der Waals surface area contributed by atoms with Crippen LogP contribution in [0.5, 0.6) is 0 Å². The number of hydrogen-bond donors (Lipinski definition) is 2. The van der Waals surface area contributed by atoms with Crippen LogP contribution in [0.3, 0.4) is 0 Å². The molecule has 1 aromatic carbocycles. The Hall–Kier alpha value is -2.60. The summed E-state index contributed by atoms with van der Waals surface area (Å²) in [6, 6.07) is 7.68. The molecule has 0 unspecified atom stereocenters. The first kappa shape index (κ1) is 27.4. The van der Waals surface area contributed by atoms with E-state index in [1.807, 2.05) is 45.0 Å². The maximum Gasteiger partial charge on any atom is 2.00 e. The summed E-state index contributed by atoms with van der Waals surface area (Å²) < 4.78 is 0. The Morgan fingerprint density at radius 2 is 1.34 bits per heavy atom. The standard InChI is InChI=1S/C19H26N10S2.Cu/c1-4-15(24-28-18(30)20-6-3)16(5-2)25-29-19(31)21-11-13-7-9-14(10-8-13)17-26-22-12-23-27-17;/h7-10,12H,4-6,11H2,1-3H3,(H2,20,28,30)(H2,21,29,31);/q;+2/p-2/b24-15+,25-16+;. The maximum absolute atomic E-state index is 5.27. The van der Waals surface area contributed by atoms with E-state index in [0.717, 1.165) is 16.8 Å². The van der Waals surface area contributed by atoms with Gasteiger partial charge in [-0.05, 0) is 35.7 Å². The van der Waals surface area contributed by atoms with Gasteiger partial charge in [-0.15, -0.1) is 20.4 Å². The molecule has 0 aliphatic heterocycles. The number of nitrogens with zero attached hydrogens (tertiary/aromatic N) is 8. The molecule has 0 amide bonds. The summed E-state index contributed by atoms with van der Waals surface area (Å²) in [5.41, 5.74) is 3.28.